The molecule has 7 heteroatoms. The number of benzene rings is 1. The fourth-order valence-electron chi connectivity index (χ4n) is 4.89. The Morgan fingerprint density at radius 1 is 1.08 bits per heavy atom. The number of piperidine rings is 1. The van der Waals surface area contributed by atoms with E-state index < -0.39 is 5.97 Å². The Hall–Kier alpha value is -3.61. The van der Waals surface area contributed by atoms with Gasteiger partial charge in [-0.25, -0.2) is 0 Å². The minimum atomic E-state index is -0.857. The zero-order valence-corrected chi connectivity index (χ0v) is 22.5. The van der Waals surface area contributed by atoms with E-state index in [0.29, 0.717) is 12.4 Å². The molecule has 0 unspecified atom stereocenters. The predicted octanol–water partition coefficient (Wildman–Crippen LogP) is 5.64. The molecule has 1 N–H and O–H groups in total. The number of hydrogen-bond acceptors (Lipinski definition) is 6. The summed E-state index contributed by atoms with van der Waals surface area (Å²) in [6.45, 7) is 10.8. The number of aromatic nitrogens is 2. The van der Waals surface area contributed by atoms with E-state index >= 15 is 0 Å². The molecule has 196 valence electrons. The van der Waals surface area contributed by atoms with Gasteiger partial charge in [-0.15, -0.1) is 0 Å². The van der Waals surface area contributed by atoms with Crippen molar-refractivity contribution >= 4 is 11.7 Å². The molecule has 3 heterocycles. The van der Waals surface area contributed by atoms with E-state index in [1.165, 1.54) is 5.56 Å². The Bertz CT molecular complexity index is 1240. The molecule has 1 aliphatic heterocycles. The molecule has 37 heavy (non-hydrogen) atoms. The largest absolute Gasteiger partial charge is 0.496 e. The van der Waals surface area contributed by atoms with E-state index in [1.54, 1.807) is 13.3 Å². The quantitative estimate of drug-likeness (QED) is 0.404. The van der Waals surface area contributed by atoms with Crippen molar-refractivity contribution in [3.63, 3.8) is 0 Å². The van der Waals surface area contributed by atoms with Gasteiger partial charge in [-0.05, 0) is 61.4 Å². The van der Waals surface area contributed by atoms with Gasteiger partial charge in [0.2, 0.25) is 0 Å². The molecule has 0 spiro atoms. The highest BCUT2D eigenvalue weighted by molar-refractivity contribution is 5.83. The number of rotatable bonds is 9. The molecule has 0 amide bonds. The monoisotopic (exact) mass is 503 g/mol. The van der Waals surface area contributed by atoms with Crippen molar-refractivity contribution in [2.45, 2.75) is 53.4 Å². The van der Waals surface area contributed by atoms with Crippen molar-refractivity contribution < 1.29 is 19.4 Å². The summed E-state index contributed by atoms with van der Waals surface area (Å²) in [5, 5.41) is 9.62. The van der Waals surface area contributed by atoms with Crippen LogP contribution in [-0.4, -0.2) is 47.8 Å². The molecule has 0 atom stereocenters. The maximum Gasteiger partial charge on any atom is 0.307 e. The second kappa shape index (κ2) is 11.2. The lowest BCUT2D eigenvalue weighted by atomic mass is 9.82. The summed E-state index contributed by atoms with van der Waals surface area (Å²) in [4.78, 5) is 23.3. The number of ether oxygens (including phenoxy) is 2. The summed E-state index contributed by atoms with van der Waals surface area (Å²) in [6, 6.07) is 10.0. The van der Waals surface area contributed by atoms with Crippen LogP contribution in [0.4, 0.5) is 5.69 Å². The lowest BCUT2D eigenvalue weighted by Crippen LogP contribution is -2.38. The number of methoxy groups -OCH3 is 1. The zero-order valence-electron chi connectivity index (χ0n) is 22.5. The van der Waals surface area contributed by atoms with Crippen molar-refractivity contribution in [3.8, 4) is 22.8 Å². The van der Waals surface area contributed by atoms with Gasteiger partial charge in [0.15, 0.2) is 0 Å². The van der Waals surface area contributed by atoms with Crippen molar-refractivity contribution in [1.29, 1.82) is 0 Å². The lowest BCUT2D eigenvalue weighted by molar-refractivity contribution is -0.136. The Morgan fingerprint density at radius 2 is 1.84 bits per heavy atom. The molecule has 4 rings (SSSR count). The summed E-state index contributed by atoms with van der Waals surface area (Å²) < 4.78 is 11.3. The minimum absolute atomic E-state index is 0.0616. The maximum atomic E-state index is 11.7. The van der Waals surface area contributed by atoms with Gasteiger partial charge in [-0.2, -0.15) is 0 Å². The van der Waals surface area contributed by atoms with Crippen LogP contribution < -0.4 is 14.4 Å². The van der Waals surface area contributed by atoms with Crippen LogP contribution in [0.2, 0.25) is 0 Å². The fraction of sp³-hybridized carbons (Fsp3) is 0.433. The summed E-state index contributed by atoms with van der Waals surface area (Å²) >= 11 is 0. The van der Waals surface area contributed by atoms with Gasteiger partial charge in [-0.1, -0.05) is 26.0 Å². The summed E-state index contributed by atoms with van der Waals surface area (Å²) in [5.41, 5.74) is 6.66. The second-order valence-corrected chi connectivity index (χ2v) is 10.6. The first-order chi connectivity index (χ1) is 17.7. The summed E-state index contributed by atoms with van der Waals surface area (Å²) in [7, 11) is 1.68. The highest BCUT2D eigenvalue weighted by Crippen LogP contribution is 2.39. The van der Waals surface area contributed by atoms with Crippen molar-refractivity contribution in [3.05, 3.63) is 65.1 Å². The van der Waals surface area contributed by atoms with Crippen LogP contribution in [0.3, 0.4) is 0 Å². The van der Waals surface area contributed by atoms with Crippen molar-refractivity contribution in [2.24, 2.45) is 5.41 Å². The molecule has 0 saturated carbocycles. The first-order valence-corrected chi connectivity index (χ1v) is 12.8. The van der Waals surface area contributed by atoms with Crippen LogP contribution in [0.5, 0.6) is 11.5 Å². The van der Waals surface area contributed by atoms with E-state index in [4.69, 9.17) is 9.47 Å². The van der Waals surface area contributed by atoms with Gasteiger partial charge >= 0.3 is 5.97 Å². The predicted molar refractivity (Wildman–Crippen MR) is 146 cm³/mol. The first-order valence-electron chi connectivity index (χ1n) is 12.8. The normalized spacial score (nSPS) is 14.9. The SMILES string of the molecule is COc1ccc(CCOc2ccc(-c3cnc(C)c(CC(=O)O)c3N3CCC(C)(C)CC3)nc2)cc1C. The number of nitrogens with zero attached hydrogens (tertiary/aromatic N) is 3. The topological polar surface area (TPSA) is 84.8 Å². The third kappa shape index (κ3) is 6.40. The van der Waals surface area contributed by atoms with Crippen LogP contribution >= 0.6 is 0 Å². The van der Waals surface area contributed by atoms with E-state index in [2.05, 4.69) is 40.8 Å². The smallest absolute Gasteiger partial charge is 0.307 e. The molecular formula is C30H37N3O4. The highest BCUT2D eigenvalue weighted by atomic mass is 16.5. The molecule has 2 aromatic heterocycles. The van der Waals surface area contributed by atoms with Gasteiger partial charge in [0.25, 0.3) is 0 Å². The summed E-state index contributed by atoms with van der Waals surface area (Å²) in [6.07, 6.45) is 6.37. The van der Waals surface area contributed by atoms with E-state index in [-0.39, 0.29) is 11.8 Å². The highest BCUT2D eigenvalue weighted by Gasteiger charge is 2.29. The van der Waals surface area contributed by atoms with Gasteiger partial charge in [-0.3, -0.25) is 14.8 Å². The number of aryl methyl sites for hydroxylation is 2. The van der Waals surface area contributed by atoms with Crippen LogP contribution in [-0.2, 0) is 17.6 Å². The molecular weight excluding hydrogens is 466 g/mol. The molecule has 0 aliphatic carbocycles. The molecule has 1 aromatic carbocycles. The van der Waals surface area contributed by atoms with E-state index in [0.717, 1.165) is 71.9 Å². The van der Waals surface area contributed by atoms with Crippen LogP contribution in [0.25, 0.3) is 11.3 Å². The van der Waals surface area contributed by atoms with E-state index in [9.17, 15) is 9.90 Å². The Balaban J connectivity index is 1.53. The second-order valence-electron chi connectivity index (χ2n) is 10.6. The van der Waals surface area contributed by atoms with Gasteiger partial charge < -0.3 is 19.5 Å². The van der Waals surface area contributed by atoms with Crippen LogP contribution in [0, 0.1) is 19.3 Å². The number of aliphatic carboxylic acids is 1. The first kappa shape index (κ1) is 26.5. The fourth-order valence-corrected chi connectivity index (χ4v) is 4.89. The average molecular weight is 504 g/mol. The van der Waals surface area contributed by atoms with Gasteiger partial charge in [0.1, 0.15) is 11.5 Å². The Kier molecular flexibility index (Phi) is 8.00. The minimum Gasteiger partial charge on any atom is -0.496 e. The molecule has 0 radical (unpaired) electrons. The van der Waals surface area contributed by atoms with Crippen molar-refractivity contribution in [2.75, 3.05) is 31.7 Å². The van der Waals surface area contributed by atoms with Crippen molar-refractivity contribution in [1.82, 2.24) is 9.97 Å². The molecule has 1 aliphatic rings. The average Bonchev–Trinajstić information content (AvgIpc) is 2.86. The number of pyridine rings is 2. The number of anilines is 1. The third-order valence-electron chi connectivity index (χ3n) is 7.26. The lowest BCUT2D eigenvalue weighted by Gasteiger charge is -2.40. The molecule has 1 saturated heterocycles. The standard InChI is InChI=1S/C30H37N3O4/c1-20-16-22(6-9-27(20)36-5)10-15-37-23-7-8-26(32-18-23)25-19-31-21(2)24(17-28(34)35)29(25)33-13-11-30(3,4)12-14-33/h6-9,16,18-19H,10-15,17H2,1-5H3,(H,34,35). The van der Waals surface area contributed by atoms with E-state index in [1.807, 2.05) is 38.2 Å². The van der Waals surface area contributed by atoms with Gasteiger partial charge in [0.05, 0.1) is 37.7 Å². The van der Waals surface area contributed by atoms with Gasteiger partial charge in [0, 0.05) is 42.5 Å². The number of carboxylic acids is 1. The number of hydrogen-bond donors (Lipinski definition) is 1. The third-order valence-corrected chi connectivity index (χ3v) is 7.26. The van der Waals surface area contributed by atoms with Crippen LogP contribution in [0.1, 0.15) is 49.1 Å². The molecule has 3 aromatic rings. The zero-order chi connectivity index (χ0) is 26.6. The Labute approximate surface area is 219 Å². The molecule has 7 nitrogen and oxygen atoms in total. The molecule has 1 fully saturated rings. The maximum absolute atomic E-state index is 11.7. The number of carbonyl (C=O) groups is 1. The molecule has 0 bridgehead atoms. The summed E-state index contributed by atoms with van der Waals surface area (Å²) in [5.74, 6) is 0.722. The Morgan fingerprint density at radius 3 is 2.46 bits per heavy atom. The number of carboxylic acid groups (broad SMARTS) is 1. The van der Waals surface area contributed by atoms with Crippen LogP contribution in [0.15, 0.2) is 42.7 Å².